The molecule has 0 unspecified atom stereocenters. The Morgan fingerprint density at radius 3 is 2.57 bits per heavy atom. The third-order valence-corrected chi connectivity index (χ3v) is 1.33. The van der Waals surface area contributed by atoms with Gasteiger partial charge in [-0.25, -0.2) is 0 Å². The van der Waals surface area contributed by atoms with Crippen LogP contribution < -0.4 is 0 Å². The number of carbonyl (C=O) groups is 1. The van der Waals surface area contributed by atoms with Crippen LogP contribution in [0.25, 0.3) is 0 Å². The molecule has 1 rings (SSSR count). The molecule has 0 amide bonds. The van der Waals surface area contributed by atoms with Crippen molar-refractivity contribution < 1.29 is 4.79 Å². The van der Waals surface area contributed by atoms with E-state index in [1.807, 2.05) is 0 Å². The number of rotatable bonds is 0. The number of hydrogen-bond donors (Lipinski definition) is 0. The van der Waals surface area contributed by atoms with Gasteiger partial charge in [0.15, 0.2) is 5.78 Å². The second-order valence-corrected chi connectivity index (χ2v) is 1.92. The highest BCUT2D eigenvalue weighted by molar-refractivity contribution is 6.43. The molecule has 0 atom stereocenters. The predicted octanol–water partition coefficient (Wildman–Crippen LogP) is 1.47. The molecule has 0 saturated heterocycles. The quantitative estimate of drug-likeness (QED) is 0.469. The molecular weight excluding hydrogens is 112 g/mol. The van der Waals surface area contributed by atoms with Gasteiger partial charge in [-0.2, -0.15) is 0 Å². The van der Waals surface area contributed by atoms with Crippen molar-refractivity contribution in [2.24, 2.45) is 0 Å². The monoisotopic (exact) mass is 116 g/mol. The second-order valence-electron chi connectivity index (χ2n) is 1.51. The third-order valence-electron chi connectivity index (χ3n) is 0.961. The van der Waals surface area contributed by atoms with Gasteiger partial charge in [-0.05, 0) is 6.42 Å². The van der Waals surface area contributed by atoms with Gasteiger partial charge in [0.25, 0.3) is 0 Å². The fourth-order valence-corrected chi connectivity index (χ4v) is 0.767. The molecule has 0 aliphatic heterocycles. The molecule has 0 radical (unpaired) electrons. The maximum absolute atomic E-state index is 10.4. The highest BCUT2D eigenvalue weighted by atomic mass is 35.5. The molecule has 0 bridgehead atoms. The number of allylic oxidation sites excluding steroid dienone is 2. The SMILES string of the molecule is O=C1CCC=C1Cl. The van der Waals surface area contributed by atoms with Gasteiger partial charge in [0.1, 0.15) is 0 Å². The van der Waals surface area contributed by atoms with Crippen molar-refractivity contribution in [3.05, 3.63) is 11.1 Å². The molecule has 7 heavy (non-hydrogen) atoms. The van der Waals surface area contributed by atoms with Crippen LogP contribution in [0.15, 0.2) is 11.1 Å². The van der Waals surface area contributed by atoms with Crippen LogP contribution in [0.4, 0.5) is 0 Å². The molecule has 0 aromatic heterocycles. The molecule has 1 nitrogen and oxygen atoms in total. The molecule has 1 aliphatic carbocycles. The van der Waals surface area contributed by atoms with Gasteiger partial charge in [-0.3, -0.25) is 4.79 Å². The Hall–Kier alpha value is -0.300. The number of Topliss-reactive ketones (excluding diaryl/α,β-unsaturated/α-hetero) is 1. The van der Waals surface area contributed by atoms with Crippen molar-refractivity contribution in [2.45, 2.75) is 12.8 Å². The molecule has 0 aromatic carbocycles. The number of ketones is 1. The average Bonchev–Trinajstić information content (AvgIpc) is 1.91. The van der Waals surface area contributed by atoms with E-state index in [0.29, 0.717) is 11.5 Å². The van der Waals surface area contributed by atoms with Gasteiger partial charge in [0.05, 0.1) is 5.03 Å². The predicted molar refractivity (Wildman–Crippen MR) is 28.2 cm³/mol. The van der Waals surface area contributed by atoms with Crippen LogP contribution in [0.2, 0.25) is 0 Å². The minimum absolute atomic E-state index is 0.0849. The van der Waals surface area contributed by atoms with E-state index in [1.54, 1.807) is 6.08 Å². The zero-order valence-corrected chi connectivity index (χ0v) is 4.53. The number of hydrogen-bond acceptors (Lipinski definition) is 1. The van der Waals surface area contributed by atoms with Crippen LogP contribution >= 0.6 is 11.6 Å². The van der Waals surface area contributed by atoms with E-state index in [1.165, 1.54) is 0 Å². The maximum Gasteiger partial charge on any atom is 0.174 e. The van der Waals surface area contributed by atoms with Crippen LogP contribution in [0.1, 0.15) is 12.8 Å². The molecule has 0 saturated carbocycles. The molecule has 1 aliphatic rings. The molecular formula is C5H5ClO. The lowest BCUT2D eigenvalue weighted by Gasteiger charge is -1.78. The van der Waals surface area contributed by atoms with Crippen molar-refractivity contribution in [3.63, 3.8) is 0 Å². The zero-order valence-electron chi connectivity index (χ0n) is 3.78. The summed E-state index contributed by atoms with van der Waals surface area (Å²) in [6.45, 7) is 0. The lowest BCUT2D eigenvalue weighted by atomic mass is 10.3. The summed E-state index contributed by atoms with van der Waals surface area (Å²) in [7, 11) is 0. The lowest BCUT2D eigenvalue weighted by Crippen LogP contribution is -1.86. The molecule has 0 N–H and O–H groups in total. The Labute approximate surface area is 47.0 Å². The topological polar surface area (TPSA) is 17.1 Å². The van der Waals surface area contributed by atoms with Crippen LogP contribution in [-0.2, 0) is 4.79 Å². The largest absolute Gasteiger partial charge is 0.293 e. The first-order valence-corrected chi connectivity index (χ1v) is 2.57. The third kappa shape index (κ3) is 0.829. The van der Waals surface area contributed by atoms with Gasteiger partial charge in [0.2, 0.25) is 0 Å². The highest BCUT2D eigenvalue weighted by Crippen LogP contribution is 2.16. The Balaban J connectivity index is 2.72. The lowest BCUT2D eigenvalue weighted by molar-refractivity contribution is -0.114. The van der Waals surface area contributed by atoms with Crippen LogP contribution in [0.5, 0.6) is 0 Å². The average molecular weight is 117 g/mol. The molecule has 0 spiro atoms. The minimum Gasteiger partial charge on any atom is -0.293 e. The normalized spacial score (nSPS) is 20.1. The zero-order chi connectivity index (χ0) is 5.28. The first-order chi connectivity index (χ1) is 3.30. The molecule has 0 aromatic rings. The summed E-state index contributed by atoms with van der Waals surface area (Å²) in [4.78, 5) is 10.4. The van der Waals surface area contributed by atoms with E-state index < -0.39 is 0 Å². The van der Waals surface area contributed by atoms with E-state index >= 15 is 0 Å². The van der Waals surface area contributed by atoms with E-state index in [9.17, 15) is 4.79 Å². The van der Waals surface area contributed by atoms with Gasteiger partial charge >= 0.3 is 0 Å². The van der Waals surface area contributed by atoms with E-state index in [4.69, 9.17) is 11.6 Å². The van der Waals surface area contributed by atoms with Crippen LogP contribution in [0.3, 0.4) is 0 Å². The fourth-order valence-electron chi connectivity index (χ4n) is 0.563. The molecule has 0 fully saturated rings. The van der Waals surface area contributed by atoms with Gasteiger partial charge in [-0.1, -0.05) is 17.7 Å². The van der Waals surface area contributed by atoms with Crippen molar-refractivity contribution in [2.75, 3.05) is 0 Å². The molecule has 0 heterocycles. The summed E-state index contributed by atoms with van der Waals surface area (Å²) in [6, 6.07) is 0. The first-order valence-electron chi connectivity index (χ1n) is 2.19. The van der Waals surface area contributed by atoms with E-state index in [2.05, 4.69) is 0 Å². The molecule has 2 heteroatoms. The van der Waals surface area contributed by atoms with Crippen LogP contribution in [0, 0.1) is 0 Å². The fraction of sp³-hybridized carbons (Fsp3) is 0.400. The Morgan fingerprint density at radius 1 is 1.71 bits per heavy atom. The van der Waals surface area contributed by atoms with Crippen molar-refractivity contribution in [1.29, 1.82) is 0 Å². The summed E-state index contributed by atoms with van der Waals surface area (Å²) in [5.74, 6) is 0.0849. The minimum atomic E-state index is 0.0849. The summed E-state index contributed by atoms with van der Waals surface area (Å²) in [6.07, 6.45) is 3.19. The van der Waals surface area contributed by atoms with E-state index in [0.717, 1.165) is 6.42 Å². The van der Waals surface area contributed by atoms with Crippen LogP contribution in [-0.4, -0.2) is 5.78 Å². The summed E-state index contributed by atoms with van der Waals surface area (Å²) in [5, 5.41) is 0.417. The standard InChI is InChI=1S/C5H5ClO/c6-4-2-1-3-5(4)7/h2H,1,3H2. The highest BCUT2D eigenvalue weighted by Gasteiger charge is 2.10. The Bertz CT molecular complexity index is 126. The Morgan fingerprint density at radius 2 is 2.43 bits per heavy atom. The van der Waals surface area contributed by atoms with E-state index in [-0.39, 0.29) is 5.78 Å². The van der Waals surface area contributed by atoms with Crippen molar-refractivity contribution in [1.82, 2.24) is 0 Å². The Kier molecular flexibility index (Phi) is 1.15. The summed E-state index contributed by atoms with van der Waals surface area (Å²) >= 11 is 5.37. The summed E-state index contributed by atoms with van der Waals surface area (Å²) in [5.41, 5.74) is 0. The molecule has 38 valence electrons. The van der Waals surface area contributed by atoms with Crippen molar-refractivity contribution >= 4 is 17.4 Å². The first kappa shape index (κ1) is 4.85. The van der Waals surface area contributed by atoms with Gasteiger partial charge in [0, 0.05) is 6.42 Å². The van der Waals surface area contributed by atoms with Gasteiger partial charge in [-0.15, -0.1) is 0 Å². The maximum atomic E-state index is 10.4. The summed E-state index contributed by atoms with van der Waals surface area (Å²) < 4.78 is 0. The smallest absolute Gasteiger partial charge is 0.174 e. The van der Waals surface area contributed by atoms with Gasteiger partial charge < -0.3 is 0 Å². The number of carbonyl (C=O) groups excluding carboxylic acids is 1. The van der Waals surface area contributed by atoms with Crippen molar-refractivity contribution in [3.8, 4) is 0 Å². The number of halogens is 1. The second kappa shape index (κ2) is 1.66.